The average molecular weight is 453 g/mol. The molecule has 3 aromatic heterocycles. The molecule has 1 aliphatic heterocycles. The van der Waals surface area contributed by atoms with Crippen LogP contribution >= 0.6 is 34.9 Å². The van der Waals surface area contributed by atoms with Crippen molar-refractivity contribution in [3.63, 3.8) is 0 Å². The molecule has 4 heterocycles. The van der Waals surface area contributed by atoms with Gasteiger partial charge in [0, 0.05) is 17.1 Å². The summed E-state index contributed by atoms with van der Waals surface area (Å²) in [6.07, 6.45) is 2.84. The lowest BCUT2D eigenvalue weighted by Crippen LogP contribution is -2.33. The van der Waals surface area contributed by atoms with Gasteiger partial charge >= 0.3 is 5.97 Å². The van der Waals surface area contributed by atoms with Crippen molar-refractivity contribution in [1.29, 1.82) is 0 Å². The minimum absolute atomic E-state index is 0.171. The minimum atomic E-state index is -0.285. The van der Waals surface area contributed by atoms with Crippen molar-refractivity contribution in [2.24, 2.45) is 0 Å². The molecule has 4 rings (SSSR count). The van der Waals surface area contributed by atoms with E-state index in [2.05, 4.69) is 31.0 Å². The van der Waals surface area contributed by atoms with Gasteiger partial charge in [0.15, 0.2) is 16.0 Å². The SMILES string of the molecule is CCCSc1nc2sc3c(c2c2nnc(SCC(=O)OC)n12)C[C@](C)(CC)OC3. The maximum Gasteiger partial charge on any atom is 0.316 e. The highest BCUT2D eigenvalue weighted by Crippen LogP contribution is 2.42. The van der Waals surface area contributed by atoms with Crippen molar-refractivity contribution >= 4 is 56.7 Å². The number of rotatable bonds is 7. The molecule has 0 spiro atoms. The number of thioether (sulfide) groups is 2. The summed E-state index contributed by atoms with van der Waals surface area (Å²) in [6, 6.07) is 0. The van der Waals surface area contributed by atoms with E-state index in [1.807, 2.05) is 4.40 Å². The van der Waals surface area contributed by atoms with Gasteiger partial charge < -0.3 is 9.47 Å². The van der Waals surface area contributed by atoms with E-state index < -0.39 is 0 Å². The maximum absolute atomic E-state index is 11.6. The van der Waals surface area contributed by atoms with E-state index in [1.165, 1.54) is 29.3 Å². The predicted molar refractivity (Wildman–Crippen MR) is 117 cm³/mol. The van der Waals surface area contributed by atoms with Gasteiger partial charge in [0.05, 0.1) is 30.5 Å². The molecule has 3 aromatic rings. The highest BCUT2D eigenvalue weighted by Gasteiger charge is 2.33. The molecule has 10 heteroatoms. The number of carbonyl (C=O) groups excluding carboxylic acids is 1. The van der Waals surface area contributed by atoms with Gasteiger partial charge in [0.1, 0.15) is 4.83 Å². The zero-order valence-electron chi connectivity index (χ0n) is 17.0. The summed E-state index contributed by atoms with van der Waals surface area (Å²) in [5.41, 5.74) is 1.93. The number of thiophene rings is 1. The fourth-order valence-corrected chi connectivity index (χ4v) is 6.13. The third kappa shape index (κ3) is 3.87. The maximum atomic E-state index is 11.6. The van der Waals surface area contributed by atoms with Crippen LogP contribution in [-0.2, 0) is 27.3 Å². The molecule has 0 radical (unpaired) electrons. The Kier molecular flexibility index (Phi) is 6.06. The molecule has 0 fully saturated rings. The standard InChI is InChI=1S/C19H24N4O3S3/c1-5-7-27-17-20-16-14(11-8-19(3,6-2)26-9-12(11)29-16)15-21-22-18(23(15)17)28-10-13(24)25-4/h5-10H2,1-4H3/t19-/m0/s1. The molecule has 0 amide bonds. The van der Waals surface area contributed by atoms with Gasteiger partial charge in [-0.2, -0.15) is 0 Å². The van der Waals surface area contributed by atoms with E-state index in [0.29, 0.717) is 11.8 Å². The lowest BCUT2D eigenvalue weighted by atomic mass is 9.90. The van der Waals surface area contributed by atoms with Crippen LogP contribution in [0.25, 0.3) is 15.9 Å². The summed E-state index contributed by atoms with van der Waals surface area (Å²) in [5.74, 6) is 0.860. The summed E-state index contributed by atoms with van der Waals surface area (Å²) in [6.45, 7) is 7.08. The Morgan fingerprint density at radius 3 is 2.86 bits per heavy atom. The quantitative estimate of drug-likeness (QED) is 0.297. The summed E-state index contributed by atoms with van der Waals surface area (Å²) >= 11 is 4.71. The first-order valence-electron chi connectivity index (χ1n) is 9.65. The van der Waals surface area contributed by atoms with E-state index >= 15 is 0 Å². The second-order valence-electron chi connectivity index (χ2n) is 7.20. The zero-order chi connectivity index (χ0) is 20.6. The number of aromatic nitrogens is 4. The van der Waals surface area contributed by atoms with Crippen LogP contribution in [0, 0.1) is 0 Å². The first-order chi connectivity index (χ1) is 14.0. The van der Waals surface area contributed by atoms with Gasteiger partial charge in [0.25, 0.3) is 0 Å². The smallest absolute Gasteiger partial charge is 0.316 e. The van der Waals surface area contributed by atoms with Crippen LogP contribution in [0.3, 0.4) is 0 Å². The highest BCUT2D eigenvalue weighted by atomic mass is 32.2. The fraction of sp³-hybridized carbons (Fsp3) is 0.579. The van der Waals surface area contributed by atoms with Crippen LogP contribution in [0.2, 0.25) is 0 Å². The summed E-state index contributed by atoms with van der Waals surface area (Å²) in [4.78, 5) is 18.8. The highest BCUT2D eigenvalue weighted by molar-refractivity contribution is 8.00. The Hall–Kier alpha value is -1.36. The number of nitrogens with zero attached hydrogens (tertiary/aromatic N) is 4. The van der Waals surface area contributed by atoms with Crippen LogP contribution < -0.4 is 0 Å². The minimum Gasteiger partial charge on any atom is -0.468 e. The Balaban J connectivity index is 1.87. The fourth-order valence-electron chi connectivity index (χ4n) is 3.31. The second kappa shape index (κ2) is 8.41. The molecule has 1 aliphatic rings. The van der Waals surface area contributed by atoms with Gasteiger partial charge in [-0.15, -0.1) is 21.5 Å². The molecule has 0 saturated heterocycles. The number of hydrogen-bond donors (Lipinski definition) is 0. The van der Waals surface area contributed by atoms with Crippen LogP contribution in [0.15, 0.2) is 10.3 Å². The van der Waals surface area contributed by atoms with Crippen LogP contribution in [0.4, 0.5) is 0 Å². The summed E-state index contributed by atoms with van der Waals surface area (Å²) < 4.78 is 12.9. The molecular weight excluding hydrogens is 428 g/mol. The second-order valence-corrected chi connectivity index (χ2v) is 10.3. The van der Waals surface area contributed by atoms with Crippen molar-refractivity contribution in [3.05, 3.63) is 10.4 Å². The van der Waals surface area contributed by atoms with Crippen LogP contribution in [0.5, 0.6) is 0 Å². The molecule has 29 heavy (non-hydrogen) atoms. The third-order valence-corrected chi connectivity index (χ3v) is 8.30. The van der Waals surface area contributed by atoms with E-state index in [0.717, 1.165) is 46.0 Å². The molecule has 0 saturated carbocycles. The summed E-state index contributed by atoms with van der Waals surface area (Å²) in [5, 5.41) is 11.5. The third-order valence-electron chi connectivity index (χ3n) is 5.15. The van der Waals surface area contributed by atoms with Gasteiger partial charge in [-0.3, -0.25) is 4.79 Å². The molecule has 1 atom stereocenters. The number of fused-ring (bicyclic) bond motifs is 5. The lowest BCUT2D eigenvalue weighted by molar-refractivity contribution is -0.137. The Morgan fingerprint density at radius 2 is 2.14 bits per heavy atom. The van der Waals surface area contributed by atoms with Crippen molar-refractivity contribution in [2.75, 3.05) is 18.6 Å². The zero-order valence-corrected chi connectivity index (χ0v) is 19.4. The Labute approximate surface area is 182 Å². The van der Waals surface area contributed by atoms with Crippen LogP contribution in [0.1, 0.15) is 44.1 Å². The van der Waals surface area contributed by atoms with Crippen molar-refractivity contribution in [3.8, 4) is 0 Å². The van der Waals surface area contributed by atoms with Gasteiger partial charge in [-0.05, 0) is 25.3 Å². The average Bonchev–Trinajstić information content (AvgIpc) is 3.30. The van der Waals surface area contributed by atoms with E-state index in [9.17, 15) is 4.79 Å². The van der Waals surface area contributed by atoms with E-state index in [-0.39, 0.29) is 17.3 Å². The molecule has 0 unspecified atom stereocenters. The Morgan fingerprint density at radius 1 is 1.31 bits per heavy atom. The largest absolute Gasteiger partial charge is 0.468 e. The topological polar surface area (TPSA) is 78.6 Å². The van der Waals surface area contributed by atoms with Crippen molar-refractivity contribution in [1.82, 2.24) is 19.6 Å². The number of hydrogen-bond acceptors (Lipinski definition) is 9. The first kappa shape index (κ1) is 20.9. The number of carbonyl (C=O) groups is 1. The first-order valence-corrected chi connectivity index (χ1v) is 12.4. The number of ether oxygens (including phenoxy) is 2. The molecular formula is C19H24N4O3S3. The summed E-state index contributed by atoms with van der Waals surface area (Å²) in [7, 11) is 1.39. The molecule has 0 aliphatic carbocycles. The molecule has 156 valence electrons. The van der Waals surface area contributed by atoms with Gasteiger partial charge in [-0.25, -0.2) is 9.38 Å². The lowest BCUT2D eigenvalue weighted by Gasteiger charge is -2.33. The number of esters is 1. The van der Waals surface area contributed by atoms with Gasteiger partial charge in [0.2, 0.25) is 0 Å². The van der Waals surface area contributed by atoms with E-state index in [4.69, 9.17) is 14.5 Å². The van der Waals surface area contributed by atoms with Crippen LogP contribution in [-0.4, -0.2) is 49.8 Å². The molecule has 0 aromatic carbocycles. The predicted octanol–water partition coefficient (Wildman–Crippen LogP) is 4.35. The normalized spacial score (nSPS) is 19.0. The number of methoxy groups -OCH3 is 1. The van der Waals surface area contributed by atoms with Crippen molar-refractivity contribution < 1.29 is 14.3 Å². The molecule has 7 nitrogen and oxygen atoms in total. The van der Waals surface area contributed by atoms with Crippen molar-refractivity contribution in [2.45, 2.75) is 62.6 Å². The van der Waals surface area contributed by atoms with E-state index in [1.54, 1.807) is 23.1 Å². The Bertz CT molecular complexity index is 1060. The molecule has 0 N–H and O–H groups in total. The monoisotopic (exact) mass is 452 g/mol. The van der Waals surface area contributed by atoms with Gasteiger partial charge in [-0.1, -0.05) is 37.4 Å². The molecule has 0 bridgehead atoms.